The summed E-state index contributed by atoms with van der Waals surface area (Å²) >= 11 is 12.0. The van der Waals surface area contributed by atoms with Crippen LogP contribution in [0.25, 0.3) is 0 Å². The predicted molar refractivity (Wildman–Crippen MR) is 74.1 cm³/mol. The van der Waals surface area contributed by atoms with Gasteiger partial charge in [-0.05, 0) is 49.6 Å². The molecule has 0 saturated heterocycles. The van der Waals surface area contributed by atoms with Crippen LogP contribution in [0.5, 0.6) is 0 Å². The fourth-order valence-electron chi connectivity index (χ4n) is 1.74. The molecule has 1 aliphatic rings. The van der Waals surface area contributed by atoms with Crippen LogP contribution in [0.1, 0.15) is 18.4 Å². The highest BCUT2D eigenvalue weighted by molar-refractivity contribution is 6.33. The Morgan fingerprint density at radius 2 is 1.94 bits per heavy atom. The summed E-state index contributed by atoms with van der Waals surface area (Å²) in [5.41, 5.74) is 1.11. The summed E-state index contributed by atoms with van der Waals surface area (Å²) in [7, 11) is 0. The highest BCUT2D eigenvalue weighted by Crippen LogP contribution is 2.20. The molecule has 1 aromatic rings. The van der Waals surface area contributed by atoms with Gasteiger partial charge < -0.3 is 10.6 Å². The van der Waals surface area contributed by atoms with E-state index < -0.39 is 0 Å². The first-order chi connectivity index (χ1) is 8.25. The Bertz CT molecular complexity index is 364. The molecule has 0 atom stereocenters. The maximum atomic E-state index is 6.09. The fourth-order valence-corrected chi connectivity index (χ4v) is 2.14. The Hall–Kier alpha value is -0.280. The maximum Gasteiger partial charge on any atom is 0.0439 e. The molecule has 0 bridgehead atoms. The molecule has 0 spiro atoms. The van der Waals surface area contributed by atoms with E-state index in [-0.39, 0.29) is 0 Å². The van der Waals surface area contributed by atoms with Crippen LogP contribution in [-0.2, 0) is 6.42 Å². The minimum Gasteiger partial charge on any atom is -0.315 e. The van der Waals surface area contributed by atoms with Crippen molar-refractivity contribution in [2.75, 3.05) is 19.6 Å². The Kier molecular flexibility index (Phi) is 5.11. The molecule has 0 radical (unpaired) electrons. The number of rotatable bonds is 7. The van der Waals surface area contributed by atoms with E-state index in [0.717, 1.165) is 47.7 Å². The summed E-state index contributed by atoms with van der Waals surface area (Å²) in [5, 5.41) is 8.41. The van der Waals surface area contributed by atoms with Crippen LogP contribution >= 0.6 is 23.2 Å². The van der Waals surface area contributed by atoms with Crippen molar-refractivity contribution in [1.29, 1.82) is 0 Å². The average Bonchev–Trinajstić information content (AvgIpc) is 3.11. The molecule has 17 heavy (non-hydrogen) atoms. The number of halogens is 2. The molecular weight excluding hydrogens is 255 g/mol. The van der Waals surface area contributed by atoms with E-state index in [4.69, 9.17) is 23.2 Å². The molecule has 2 nitrogen and oxygen atoms in total. The highest BCUT2D eigenvalue weighted by atomic mass is 35.5. The summed E-state index contributed by atoms with van der Waals surface area (Å²) in [6.45, 7) is 3.00. The summed E-state index contributed by atoms with van der Waals surface area (Å²) in [6, 6.07) is 6.40. The number of hydrogen-bond donors (Lipinski definition) is 2. The van der Waals surface area contributed by atoms with Gasteiger partial charge in [0.15, 0.2) is 0 Å². The Balaban J connectivity index is 1.61. The lowest BCUT2D eigenvalue weighted by molar-refractivity contribution is 0.609. The molecule has 1 aromatic carbocycles. The van der Waals surface area contributed by atoms with E-state index in [2.05, 4.69) is 10.6 Å². The molecule has 0 aromatic heterocycles. The smallest absolute Gasteiger partial charge is 0.0439 e. The molecular formula is C13H18Cl2N2. The molecule has 0 unspecified atom stereocenters. The Morgan fingerprint density at radius 3 is 2.71 bits per heavy atom. The monoisotopic (exact) mass is 272 g/mol. The number of nitrogens with one attached hydrogen (secondary N) is 2. The standard InChI is InChI=1S/C13H18Cl2N2/c14-11-1-4-13(15)10(9-11)5-6-16-7-8-17-12-2-3-12/h1,4,9,12,16-17H,2-3,5-8H2. The van der Waals surface area contributed by atoms with Crippen molar-refractivity contribution >= 4 is 23.2 Å². The van der Waals surface area contributed by atoms with Crippen molar-refractivity contribution in [3.05, 3.63) is 33.8 Å². The first-order valence-corrected chi connectivity index (χ1v) is 6.89. The zero-order valence-electron chi connectivity index (χ0n) is 9.81. The topological polar surface area (TPSA) is 24.1 Å². The zero-order valence-corrected chi connectivity index (χ0v) is 11.3. The zero-order chi connectivity index (χ0) is 12.1. The van der Waals surface area contributed by atoms with E-state index in [1.165, 1.54) is 12.8 Å². The van der Waals surface area contributed by atoms with Crippen LogP contribution in [-0.4, -0.2) is 25.7 Å². The van der Waals surface area contributed by atoms with Crippen molar-refractivity contribution in [2.24, 2.45) is 0 Å². The second-order valence-corrected chi connectivity index (χ2v) is 5.31. The van der Waals surface area contributed by atoms with Crippen LogP contribution in [0, 0.1) is 0 Å². The third-order valence-corrected chi connectivity index (χ3v) is 3.49. The van der Waals surface area contributed by atoms with Crippen molar-refractivity contribution in [3.63, 3.8) is 0 Å². The summed E-state index contributed by atoms with van der Waals surface area (Å²) in [6.07, 6.45) is 3.61. The lowest BCUT2D eigenvalue weighted by Crippen LogP contribution is -2.29. The molecule has 4 heteroatoms. The summed E-state index contributed by atoms with van der Waals surface area (Å²) in [4.78, 5) is 0. The maximum absolute atomic E-state index is 6.09. The molecule has 1 saturated carbocycles. The van der Waals surface area contributed by atoms with Gasteiger partial charge in [0.2, 0.25) is 0 Å². The lowest BCUT2D eigenvalue weighted by atomic mass is 10.1. The van der Waals surface area contributed by atoms with Gasteiger partial charge in [0.05, 0.1) is 0 Å². The van der Waals surface area contributed by atoms with Crippen molar-refractivity contribution < 1.29 is 0 Å². The van der Waals surface area contributed by atoms with Gasteiger partial charge in [-0.25, -0.2) is 0 Å². The average molecular weight is 273 g/mol. The van der Waals surface area contributed by atoms with Crippen LogP contribution in [0.15, 0.2) is 18.2 Å². The first-order valence-electron chi connectivity index (χ1n) is 6.14. The second-order valence-electron chi connectivity index (χ2n) is 4.46. The normalized spacial score (nSPS) is 15.2. The first kappa shape index (κ1) is 13.2. The van der Waals surface area contributed by atoms with Crippen LogP contribution in [0.2, 0.25) is 10.0 Å². The van der Waals surface area contributed by atoms with Gasteiger partial charge in [-0.1, -0.05) is 23.2 Å². The number of hydrogen-bond acceptors (Lipinski definition) is 2. The van der Waals surface area contributed by atoms with Crippen molar-refractivity contribution in [2.45, 2.75) is 25.3 Å². The minimum absolute atomic E-state index is 0.750. The van der Waals surface area contributed by atoms with Gasteiger partial charge >= 0.3 is 0 Å². The van der Waals surface area contributed by atoms with E-state index in [9.17, 15) is 0 Å². The van der Waals surface area contributed by atoms with Gasteiger partial charge in [-0.15, -0.1) is 0 Å². The van der Waals surface area contributed by atoms with Crippen molar-refractivity contribution in [3.8, 4) is 0 Å². The quantitative estimate of drug-likeness (QED) is 0.746. The van der Waals surface area contributed by atoms with Gasteiger partial charge in [0.25, 0.3) is 0 Å². The predicted octanol–water partition coefficient (Wildman–Crippen LogP) is 2.88. The van der Waals surface area contributed by atoms with Gasteiger partial charge in [-0.3, -0.25) is 0 Å². The Labute approximate surface area is 113 Å². The molecule has 0 aliphatic heterocycles. The van der Waals surface area contributed by atoms with Crippen LogP contribution in [0.4, 0.5) is 0 Å². The molecule has 1 fully saturated rings. The van der Waals surface area contributed by atoms with E-state index >= 15 is 0 Å². The fraction of sp³-hybridized carbons (Fsp3) is 0.538. The SMILES string of the molecule is Clc1ccc(Cl)c(CCNCCNC2CC2)c1. The van der Waals surface area contributed by atoms with E-state index in [0.29, 0.717) is 0 Å². The molecule has 94 valence electrons. The Morgan fingerprint density at radius 1 is 1.12 bits per heavy atom. The molecule has 1 aliphatic carbocycles. The van der Waals surface area contributed by atoms with E-state index in [1.54, 1.807) is 0 Å². The molecule has 2 rings (SSSR count). The molecule has 0 heterocycles. The van der Waals surface area contributed by atoms with Gasteiger partial charge in [-0.2, -0.15) is 0 Å². The largest absolute Gasteiger partial charge is 0.315 e. The highest BCUT2D eigenvalue weighted by Gasteiger charge is 2.19. The number of benzene rings is 1. The second kappa shape index (κ2) is 6.60. The van der Waals surface area contributed by atoms with Crippen LogP contribution in [0.3, 0.4) is 0 Å². The van der Waals surface area contributed by atoms with Gasteiger partial charge in [0, 0.05) is 29.2 Å². The third kappa shape index (κ3) is 4.84. The van der Waals surface area contributed by atoms with Crippen LogP contribution < -0.4 is 10.6 Å². The summed E-state index contributed by atoms with van der Waals surface area (Å²) < 4.78 is 0. The molecule has 0 amide bonds. The third-order valence-electron chi connectivity index (χ3n) is 2.89. The summed E-state index contributed by atoms with van der Waals surface area (Å²) in [5.74, 6) is 0. The lowest BCUT2D eigenvalue weighted by Gasteiger charge is -2.07. The van der Waals surface area contributed by atoms with Crippen molar-refractivity contribution in [1.82, 2.24) is 10.6 Å². The minimum atomic E-state index is 0.750. The van der Waals surface area contributed by atoms with Gasteiger partial charge in [0.1, 0.15) is 0 Å². The molecule has 2 N–H and O–H groups in total. The van der Waals surface area contributed by atoms with E-state index in [1.807, 2.05) is 18.2 Å².